The molecule has 2 aliphatic rings. The van der Waals surface area contributed by atoms with Gasteiger partial charge in [-0.1, -0.05) is 158 Å². The summed E-state index contributed by atoms with van der Waals surface area (Å²) in [6.07, 6.45) is 0. The van der Waals surface area contributed by atoms with Crippen molar-refractivity contribution in [2.24, 2.45) is 11.8 Å². The smallest absolute Gasteiger partial charge is 0.143 e. The molecule has 0 radical (unpaired) electrons. The Bertz CT molecular complexity index is 3590. The van der Waals surface area contributed by atoms with Crippen LogP contribution in [0, 0.1) is 11.8 Å². The SMILES string of the molecule is [2H]C1=C([2H])C2C(c3ccccc3)=c3ccc(-c4c([2H])c([2H])c([2H])c([2H])c4[2H])cc3=C(c3ccc(-c4c(-c5ccc6oc7ccccc7c6c5)oc5ccccc45)cc3)C2C([2H])=C1[2H]. The van der Waals surface area contributed by atoms with Crippen molar-refractivity contribution in [2.75, 3.05) is 0 Å². The Kier molecular flexibility index (Phi) is 5.24. The number of hydrogen-bond donors (Lipinski definition) is 0. The molecule has 2 nitrogen and oxygen atoms in total. The summed E-state index contributed by atoms with van der Waals surface area (Å²) < 4.78 is 92.2. The number of hydrogen-bond acceptors (Lipinski definition) is 2. The standard InChI is InChI=1S/C52H34O2/c1-3-13-33(14-4-1)37-27-29-42-45(31-37)50(41-19-8-7-18-40(41)49(42)34-15-5-2-6-16-34)35-23-25-36(26-24-35)51-43-20-10-12-22-47(43)54-52(51)38-28-30-48-44(32-38)39-17-9-11-21-46(39)53-48/h1-32,40-41H/i1D,3D,4D,7D,8D,13D,14D,18D,19D. The van der Waals surface area contributed by atoms with E-state index in [1.165, 1.54) is 0 Å². The number of fused-ring (bicyclic) bond motifs is 6. The molecule has 9 aromatic rings. The summed E-state index contributed by atoms with van der Waals surface area (Å²) in [6, 6.07) is 41.9. The van der Waals surface area contributed by atoms with E-state index in [2.05, 4.69) is 6.07 Å². The van der Waals surface area contributed by atoms with Crippen LogP contribution in [0.25, 0.3) is 77.6 Å². The van der Waals surface area contributed by atoms with E-state index >= 15 is 0 Å². The molecule has 254 valence electrons. The van der Waals surface area contributed by atoms with Gasteiger partial charge in [0, 0.05) is 39.1 Å². The number of furan rings is 2. The maximum Gasteiger partial charge on any atom is 0.143 e. The Balaban J connectivity index is 1.18. The van der Waals surface area contributed by atoms with E-state index in [4.69, 9.17) is 18.4 Å². The minimum atomic E-state index is -0.857. The average Bonchev–Trinajstić information content (AvgIpc) is 3.89. The van der Waals surface area contributed by atoms with Gasteiger partial charge in [0.25, 0.3) is 0 Å². The van der Waals surface area contributed by atoms with Crippen molar-refractivity contribution in [3.63, 3.8) is 0 Å². The second-order valence-electron chi connectivity index (χ2n) is 13.6. The predicted octanol–water partition coefficient (Wildman–Crippen LogP) is 12.1. The van der Waals surface area contributed by atoms with Gasteiger partial charge in [-0.3, -0.25) is 0 Å². The Morgan fingerprint density at radius 3 is 1.78 bits per heavy atom. The van der Waals surface area contributed by atoms with Crippen LogP contribution >= 0.6 is 0 Å². The third-order valence-electron chi connectivity index (χ3n) is 10.7. The molecule has 2 heteroatoms. The highest BCUT2D eigenvalue weighted by Gasteiger charge is 2.32. The molecule has 0 amide bonds. The number of allylic oxidation sites excluding steroid dienone is 4. The number of benzene rings is 7. The van der Waals surface area contributed by atoms with Crippen LogP contribution in [-0.4, -0.2) is 0 Å². The van der Waals surface area contributed by atoms with Gasteiger partial charge in [-0.15, -0.1) is 0 Å². The fraction of sp³-hybridized carbons (Fsp3) is 0.0385. The van der Waals surface area contributed by atoms with Crippen LogP contribution in [0.2, 0.25) is 0 Å². The molecule has 2 heterocycles. The van der Waals surface area contributed by atoms with Crippen molar-refractivity contribution in [3.05, 3.63) is 216 Å². The van der Waals surface area contributed by atoms with Gasteiger partial charge in [0.15, 0.2) is 0 Å². The summed E-state index contributed by atoms with van der Waals surface area (Å²) >= 11 is 0. The molecule has 0 aliphatic heterocycles. The zero-order chi connectivity index (χ0) is 43.4. The van der Waals surface area contributed by atoms with Crippen molar-refractivity contribution in [1.82, 2.24) is 0 Å². The molecular weight excluding hydrogens is 657 g/mol. The Labute approximate surface area is 325 Å². The molecule has 2 aliphatic carbocycles. The van der Waals surface area contributed by atoms with Crippen molar-refractivity contribution in [1.29, 1.82) is 0 Å². The third-order valence-corrected chi connectivity index (χ3v) is 10.7. The summed E-state index contributed by atoms with van der Waals surface area (Å²) in [6.45, 7) is 0. The highest BCUT2D eigenvalue weighted by Crippen LogP contribution is 2.44. The van der Waals surface area contributed by atoms with Gasteiger partial charge in [0.1, 0.15) is 22.5 Å². The minimum Gasteiger partial charge on any atom is -0.456 e. The van der Waals surface area contributed by atoms with Gasteiger partial charge in [0.05, 0.1) is 12.3 Å². The lowest BCUT2D eigenvalue weighted by atomic mass is 9.70. The summed E-state index contributed by atoms with van der Waals surface area (Å²) in [7, 11) is 0. The van der Waals surface area contributed by atoms with Crippen LogP contribution in [-0.2, 0) is 0 Å². The van der Waals surface area contributed by atoms with Crippen molar-refractivity contribution >= 4 is 44.1 Å². The van der Waals surface area contributed by atoms with Crippen LogP contribution in [0.3, 0.4) is 0 Å². The van der Waals surface area contributed by atoms with Crippen molar-refractivity contribution in [3.8, 4) is 33.6 Å². The summed E-state index contributed by atoms with van der Waals surface area (Å²) in [5.41, 5.74) is 8.22. The van der Waals surface area contributed by atoms with Gasteiger partial charge >= 0.3 is 0 Å². The lowest BCUT2D eigenvalue weighted by molar-refractivity contribution is 0.632. The molecule has 0 spiro atoms. The van der Waals surface area contributed by atoms with E-state index < -0.39 is 30.0 Å². The van der Waals surface area contributed by atoms with Crippen LogP contribution in [0.15, 0.2) is 203 Å². The molecule has 0 N–H and O–H groups in total. The second-order valence-corrected chi connectivity index (χ2v) is 13.6. The molecule has 11 rings (SSSR count). The molecule has 0 bridgehead atoms. The first kappa shape index (κ1) is 22.9. The quantitative estimate of drug-likeness (QED) is 0.179. The van der Waals surface area contributed by atoms with E-state index in [1.807, 2.05) is 127 Å². The molecular formula is C52H34O2. The van der Waals surface area contributed by atoms with Crippen LogP contribution in [0.1, 0.15) is 23.5 Å². The van der Waals surface area contributed by atoms with Gasteiger partial charge in [-0.25, -0.2) is 0 Å². The average molecular weight is 700 g/mol. The minimum absolute atomic E-state index is 0.0452. The Hall–Kier alpha value is -6.90. The van der Waals surface area contributed by atoms with E-state index in [0.29, 0.717) is 33.3 Å². The first-order valence-corrected chi connectivity index (χ1v) is 17.9. The highest BCUT2D eigenvalue weighted by atomic mass is 16.3. The highest BCUT2D eigenvalue weighted by molar-refractivity contribution is 6.08. The maximum atomic E-state index is 9.50. The molecule has 0 fully saturated rings. The fourth-order valence-corrected chi connectivity index (χ4v) is 8.27. The van der Waals surface area contributed by atoms with Gasteiger partial charge in [0.2, 0.25) is 0 Å². The maximum absolute atomic E-state index is 9.50. The number of para-hydroxylation sites is 2. The molecule has 54 heavy (non-hydrogen) atoms. The Morgan fingerprint density at radius 2 is 1.00 bits per heavy atom. The van der Waals surface area contributed by atoms with Crippen LogP contribution < -0.4 is 10.4 Å². The van der Waals surface area contributed by atoms with Crippen LogP contribution in [0.4, 0.5) is 0 Å². The van der Waals surface area contributed by atoms with E-state index in [0.717, 1.165) is 60.4 Å². The topological polar surface area (TPSA) is 26.3 Å². The molecule has 0 saturated carbocycles. The summed E-state index contributed by atoms with van der Waals surface area (Å²) in [5.74, 6) is -0.954. The molecule has 2 unspecified atom stereocenters. The predicted molar refractivity (Wildman–Crippen MR) is 222 cm³/mol. The Morgan fingerprint density at radius 1 is 0.407 bits per heavy atom. The van der Waals surface area contributed by atoms with Gasteiger partial charge in [-0.05, 0) is 85.8 Å². The molecule has 2 atom stereocenters. The normalized spacial score (nSPS) is 19.4. The fourth-order valence-electron chi connectivity index (χ4n) is 8.27. The zero-order valence-electron chi connectivity index (χ0n) is 37.8. The molecule has 0 saturated heterocycles. The lowest BCUT2D eigenvalue weighted by Gasteiger charge is -2.33. The van der Waals surface area contributed by atoms with E-state index in [1.54, 1.807) is 6.07 Å². The largest absolute Gasteiger partial charge is 0.456 e. The monoisotopic (exact) mass is 699 g/mol. The van der Waals surface area contributed by atoms with Crippen molar-refractivity contribution in [2.45, 2.75) is 0 Å². The zero-order valence-corrected chi connectivity index (χ0v) is 28.8. The summed E-state index contributed by atoms with van der Waals surface area (Å²) in [5, 5.41) is 4.27. The van der Waals surface area contributed by atoms with Gasteiger partial charge in [-0.2, -0.15) is 0 Å². The third kappa shape index (κ3) is 4.88. The van der Waals surface area contributed by atoms with E-state index in [-0.39, 0.29) is 41.9 Å². The first-order chi connectivity index (χ1) is 30.5. The van der Waals surface area contributed by atoms with Crippen molar-refractivity contribution < 1.29 is 21.2 Å². The first-order valence-electron chi connectivity index (χ1n) is 22.4. The second kappa shape index (κ2) is 12.4. The van der Waals surface area contributed by atoms with Gasteiger partial charge < -0.3 is 8.83 Å². The lowest BCUT2D eigenvalue weighted by Crippen LogP contribution is -2.40. The molecule has 2 aromatic heterocycles. The van der Waals surface area contributed by atoms with E-state index in [9.17, 15) is 2.74 Å². The molecule has 7 aromatic carbocycles. The summed E-state index contributed by atoms with van der Waals surface area (Å²) in [4.78, 5) is 0. The van der Waals surface area contributed by atoms with Crippen LogP contribution in [0.5, 0.6) is 0 Å². The number of rotatable bonds is 5.